The Bertz CT molecular complexity index is 1220. The van der Waals surface area contributed by atoms with Crippen LogP contribution in [-0.2, 0) is 5.60 Å². The Labute approximate surface area is 190 Å². The number of H-pyrrole nitrogens is 1. The van der Waals surface area contributed by atoms with Crippen LogP contribution in [0.3, 0.4) is 0 Å². The second-order valence-corrected chi connectivity index (χ2v) is 9.37. The van der Waals surface area contributed by atoms with Gasteiger partial charge in [0.05, 0.1) is 11.2 Å². The molecule has 0 aliphatic rings. The molecule has 0 aliphatic heterocycles. The first-order valence-electron chi connectivity index (χ1n) is 10.6. The Balaban J connectivity index is 1.67. The number of hydrogen-bond donors (Lipinski definition) is 2. The SMILES string of the molecule is CC(C)(O)c1cccc(-c2[nH+]cnc3cc(-c4ccc(SCCCCN)cc4)oc23)c1F. The van der Waals surface area contributed by atoms with E-state index in [1.54, 1.807) is 32.0 Å². The lowest BCUT2D eigenvalue weighted by Gasteiger charge is -2.19. The van der Waals surface area contributed by atoms with Crippen LogP contribution in [0.5, 0.6) is 0 Å². The topological polar surface area (TPSA) is 86.4 Å². The molecular weight excluding hydrogens is 425 g/mol. The lowest BCUT2D eigenvalue weighted by atomic mass is 9.94. The van der Waals surface area contributed by atoms with E-state index in [2.05, 4.69) is 22.1 Å². The van der Waals surface area contributed by atoms with Gasteiger partial charge in [-0.3, -0.25) is 0 Å². The van der Waals surface area contributed by atoms with Crippen molar-refractivity contribution in [1.29, 1.82) is 0 Å². The average molecular weight is 453 g/mol. The summed E-state index contributed by atoms with van der Waals surface area (Å²) in [5.41, 5.74) is 7.29. The minimum absolute atomic E-state index is 0.222. The molecule has 4 rings (SSSR count). The first-order chi connectivity index (χ1) is 15.4. The van der Waals surface area contributed by atoms with E-state index in [4.69, 9.17) is 10.2 Å². The summed E-state index contributed by atoms with van der Waals surface area (Å²) >= 11 is 1.81. The highest BCUT2D eigenvalue weighted by Gasteiger charge is 2.26. The standard InChI is InChI=1S/C25H26FN3O2S/c1-25(2,30)19-7-5-6-18(22(19)26)23-24-20(28-15-29-23)14-21(31-24)16-8-10-17(11-9-16)32-13-4-3-12-27/h5-11,14-15,30H,3-4,12-13,27H2,1-2H3/p+1. The van der Waals surface area contributed by atoms with Gasteiger partial charge in [-0.25, -0.2) is 9.37 Å². The Hall–Kier alpha value is -2.74. The first-order valence-corrected chi connectivity index (χ1v) is 11.6. The number of halogens is 1. The van der Waals surface area contributed by atoms with Gasteiger partial charge < -0.3 is 15.3 Å². The van der Waals surface area contributed by atoms with Gasteiger partial charge in [-0.2, -0.15) is 0 Å². The molecule has 0 bridgehead atoms. The van der Waals surface area contributed by atoms with E-state index < -0.39 is 11.4 Å². The minimum atomic E-state index is -1.30. The number of nitrogens with zero attached hydrogens (tertiary/aromatic N) is 1. The predicted octanol–water partition coefficient (Wildman–Crippen LogP) is 5.17. The zero-order valence-corrected chi connectivity index (χ0v) is 19.0. The van der Waals surface area contributed by atoms with E-state index in [1.807, 2.05) is 30.0 Å². The molecule has 4 aromatic rings. The van der Waals surface area contributed by atoms with Gasteiger partial charge in [0, 0.05) is 22.1 Å². The van der Waals surface area contributed by atoms with Gasteiger partial charge in [0.25, 0.3) is 6.33 Å². The second kappa shape index (κ2) is 9.40. The molecule has 0 saturated carbocycles. The molecule has 2 aromatic heterocycles. The van der Waals surface area contributed by atoms with Gasteiger partial charge in [0.2, 0.25) is 11.1 Å². The van der Waals surface area contributed by atoms with E-state index in [1.165, 1.54) is 11.2 Å². The number of benzene rings is 2. The highest BCUT2D eigenvalue weighted by Crippen LogP contribution is 2.35. The number of unbranched alkanes of at least 4 members (excludes halogenated alkanes) is 1. The summed E-state index contributed by atoms with van der Waals surface area (Å²) in [7, 11) is 0. The molecule has 32 heavy (non-hydrogen) atoms. The Kier molecular flexibility index (Phi) is 6.60. The smallest absolute Gasteiger partial charge is 0.285 e. The molecule has 0 saturated heterocycles. The number of aliphatic hydroxyl groups is 1. The largest absolute Gasteiger partial charge is 0.447 e. The third-order valence-electron chi connectivity index (χ3n) is 5.29. The molecule has 7 heteroatoms. The predicted molar refractivity (Wildman–Crippen MR) is 126 cm³/mol. The summed E-state index contributed by atoms with van der Waals surface area (Å²) in [6.07, 6.45) is 3.66. The van der Waals surface area contributed by atoms with Crippen LogP contribution in [0.1, 0.15) is 32.3 Å². The van der Waals surface area contributed by atoms with Crippen LogP contribution in [0.15, 0.2) is 64.2 Å². The Morgan fingerprint density at radius 2 is 1.94 bits per heavy atom. The van der Waals surface area contributed by atoms with Crippen molar-refractivity contribution in [2.45, 2.75) is 37.2 Å². The van der Waals surface area contributed by atoms with Crippen LogP contribution in [0, 0.1) is 5.82 Å². The summed E-state index contributed by atoms with van der Waals surface area (Å²) in [6.45, 7) is 3.85. The number of fused-ring (bicyclic) bond motifs is 1. The molecule has 5 nitrogen and oxygen atoms in total. The molecule has 0 fully saturated rings. The van der Waals surface area contributed by atoms with E-state index in [0.29, 0.717) is 28.1 Å². The van der Waals surface area contributed by atoms with Crippen LogP contribution < -0.4 is 10.7 Å². The van der Waals surface area contributed by atoms with Crippen molar-refractivity contribution in [3.63, 3.8) is 0 Å². The number of furan rings is 1. The number of rotatable bonds is 8. The van der Waals surface area contributed by atoms with Crippen molar-refractivity contribution in [3.05, 3.63) is 66.2 Å². The lowest BCUT2D eigenvalue weighted by molar-refractivity contribution is -0.368. The van der Waals surface area contributed by atoms with E-state index in [9.17, 15) is 5.11 Å². The molecule has 2 heterocycles. The van der Waals surface area contributed by atoms with Crippen molar-refractivity contribution >= 4 is 22.9 Å². The summed E-state index contributed by atoms with van der Waals surface area (Å²) in [5, 5.41) is 10.3. The fraction of sp³-hybridized carbons (Fsp3) is 0.280. The zero-order valence-electron chi connectivity index (χ0n) is 18.2. The fourth-order valence-electron chi connectivity index (χ4n) is 3.58. The molecule has 0 radical (unpaired) electrons. The highest BCUT2D eigenvalue weighted by molar-refractivity contribution is 7.99. The van der Waals surface area contributed by atoms with Crippen LogP contribution in [0.2, 0.25) is 0 Å². The van der Waals surface area contributed by atoms with Gasteiger partial charge in [-0.15, -0.1) is 11.8 Å². The van der Waals surface area contributed by atoms with Crippen LogP contribution in [0.25, 0.3) is 33.7 Å². The maximum absolute atomic E-state index is 15.3. The monoisotopic (exact) mass is 452 g/mol. The minimum Gasteiger partial charge on any atom is -0.447 e. The maximum Gasteiger partial charge on any atom is 0.285 e. The maximum atomic E-state index is 15.3. The van der Waals surface area contributed by atoms with Crippen molar-refractivity contribution in [1.82, 2.24) is 4.98 Å². The summed E-state index contributed by atoms with van der Waals surface area (Å²) in [5.74, 6) is 1.21. The van der Waals surface area contributed by atoms with Crippen LogP contribution in [-0.4, -0.2) is 22.4 Å². The van der Waals surface area contributed by atoms with Crippen molar-refractivity contribution in [3.8, 4) is 22.6 Å². The Morgan fingerprint density at radius 3 is 2.66 bits per heavy atom. The number of aromatic amines is 1. The van der Waals surface area contributed by atoms with Gasteiger partial charge in [-0.1, -0.05) is 24.3 Å². The summed E-state index contributed by atoms with van der Waals surface area (Å²) in [4.78, 5) is 8.56. The lowest BCUT2D eigenvalue weighted by Crippen LogP contribution is -2.19. The molecule has 0 unspecified atom stereocenters. The number of aromatic nitrogens is 2. The van der Waals surface area contributed by atoms with Crippen molar-refractivity contribution in [2.75, 3.05) is 12.3 Å². The Morgan fingerprint density at radius 1 is 1.16 bits per heavy atom. The summed E-state index contributed by atoms with van der Waals surface area (Å²) < 4.78 is 21.4. The molecule has 0 amide bonds. The van der Waals surface area contributed by atoms with E-state index in [0.717, 1.165) is 30.7 Å². The van der Waals surface area contributed by atoms with E-state index in [-0.39, 0.29) is 5.56 Å². The molecule has 0 spiro atoms. The van der Waals surface area contributed by atoms with Crippen LogP contribution in [0.4, 0.5) is 4.39 Å². The quantitative estimate of drug-likeness (QED) is 0.284. The van der Waals surface area contributed by atoms with Crippen molar-refractivity contribution < 1.29 is 18.9 Å². The third-order valence-corrected chi connectivity index (χ3v) is 6.38. The second-order valence-electron chi connectivity index (χ2n) is 8.20. The third kappa shape index (κ3) is 4.70. The first kappa shape index (κ1) is 22.5. The normalized spacial score (nSPS) is 11.9. The number of thioether (sulfide) groups is 1. The molecule has 4 N–H and O–H groups in total. The molecule has 2 aromatic carbocycles. The number of nitrogens with two attached hydrogens (primary N) is 1. The molecule has 0 aliphatic carbocycles. The van der Waals surface area contributed by atoms with E-state index >= 15 is 4.39 Å². The van der Waals surface area contributed by atoms with Gasteiger partial charge in [0.15, 0.2) is 5.69 Å². The average Bonchev–Trinajstić information content (AvgIpc) is 3.21. The van der Waals surface area contributed by atoms with Crippen LogP contribution >= 0.6 is 11.8 Å². The van der Waals surface area contributed by atoms with Gasteiger partial charge in [-0.05, 0) is 62.2 Å². The van der Waals surface area contributed by atoms with Gasteiger partial charge in [0.1, 0.15) is 11.6 Å². The molecular formula is C25H27FN3O2S+. The highest BCUT2D eigenvalue weighted by atomic mass is 32.2. The molecule has 166 valence electrons. The molecule has 0 atom stereocenters. The number of hydrogen-bond acceptors (Lipinski definition) is 5. The zero-order chi connectivity index (χ0) is 22.7. The van der Waals surface area contributed by atoms with Crippen molar-refractivity contribution in [2.24, 2.45) is 5.73 Å². The summed E-state index contributed by atoms with van der Waals surface area (Å²) in [6, 6.07) is 15.0. The fourth-order valence-corrected chi connectivity index (χ4v) is 4.49. The van der Waals surface area contributed by atoms with Gasteiger partial charge >= 0.3 is 0 Å². The number of nitrogens with one attached hydrogen (secondary N) is 1.